The first kappa shape index (κ1) is 23.4. The number of hydrogen-bond acceptors (Lipinski definition) is 7. The topological polar surface area (TPSA) is 80.0 Å². The Morgan fingerprint density at radius 1 is 0.971 bits per heavy atom. The summed E-state index contributed by atoms with van der Waals surface area (Å²) in [6.07, 6.45) is 3.36. The summed E-state index contributed by atoms with van der Waals surface area (Å²) in [5.41, 5.74) is 2.33. The van der Waals surface area contributed by atoms with Crippen molar-refractivity contribution in [2.45, 2.75) is 10.9 Å². The Morgan fingerprint density at radius 2 is 1.69 bits per heavy atom. The first-order valence-corrected chi connectivity index (χ1v) is 12.8. The third-order valence-electron chi connectivity index (χ3n) is 5.68. The van der Waals surface area contributed by atoms with E-state index < -0.39 is 0 Å². The third kappa shape index (κ3) is 5.20. The second-order valence-electron chi connectivity index (χ2n) is 7.82. The molecule has 1 aliphatic rings. The molecule has 0 bridgehead atoms. The van der Waals surface area contributed by atoms with E-state index in [9.17, 15) is 9.18 Å². The zero-order valence-corrected chi connectivity index (χ0v) is 21.0. The smallest absolute Gasteiger partial charge is 0.276 e. The van der Waals surface area contributed by atoms with E-state index in [0.717, 1.165) is 10.2 Å². The number of thioether (sulfide) groups is 1. The SMILES string of the molecule is O=C(c1nnn(-c2ccc(Br)cc2)c1CSc1ncccn1)N1CCN(c2ccccc2F)CC1. The fraction of sp³-hybridized carbons (Fsp3) is 0.208. The molecule has 1 amide bonds. The van der Waals surface area contributed by atoms with E-state index in [0.29, 0.717) is 54.2 Å². The Bertz CT molecular complexity index is 1310. The van der Waals surface area contributed by atoms with Gasteiger partial charge in [0, 0.05) is 48.8 Å². The summed E-state index contributed by atoms with van der Waals surface area (Å²) >= 11 is 4.86. The van der Waals surface area contributed by atoms with Crippen LogP contribution in [0.1, 0.15) is 16.2 Å². The van der Waals surface area contributed by atoms with Gasteiger partial charge in [-0.05, 0) is 42.5 Å². The van der Waals surface area contributed by atoms with Crippen LogP contribution in [0.3, 0.4) is 0 Å². The van der Waals surface area contributed by atoms with Crippen molar-refractivity contribution in [3.63, 3.8) is 0 Å². The molecule has 2 aromatic carbocycles. The molecule has 0 radical (unpaired) electrons. The normalized spacial score (nSPS) is 13.8. The summed E-state index contributed by atoms with van der Waals surface area (Å²) in [5.74, 6) is -0.0261. The molecule has 0 saturated carbocycles. The van der Waals surface area contributed by atoms with Gasteiger partial charge in [-0.3, -0.25) is 4.79 Å². The van der Waals surface area contributed by atoms with Gasteiger partial charge in [0.2, 0.25) is 0 Å². The first-order valence-electron chi connectivity index (χ1n) is 11.0. The van der Waals surface area contributed by atoms with Gasteiger partial charge < -0.3 is 9.80 Å². The van der Waals surface area contributed by atoms with Gasteiger partial charge in [-0.1, -0.05) is 45.0 Å². The molecule has 0 spiro atoms. The zero-order chi connectivity index (χ0) is 24.2. The monoisotopic (exact) mass is 553 g/mol. The van der Waals surface area contributed by atoms with Crippen molar-refractivity contribution in [2.75, 3.05) is 31.1 Å². The Kier molecular flexibility index (Phi) is 7.05. The molecule has 1 aliphatic heterocycles. The maximum absolute atomic E-state index is 14.2. The number of benzene rings is 2. The molecule has 35 heavy (non-hydrogen) atoms. The van der Waals surface area contributed by atoms with Crippen molar-refractivity contribution in [1.29, 1.82) is 0 Å². The predicted octanol–water partition coefficient (Wildman–Crippen LogP) is 4.21. The van der Waals surface area contributed by atoms with E-state index in [1.807, 2.05) is 35.2 Å². The number of aromatic nitrogens is 5. The quantitative estimate of drug-likeness (QED) is 0.261. The fourth-order valence-electron chi connectivity index (χ4n) is 3.89. The second kappa shape index (κ2) is 10.5. The van der Waals surface area contributed by atoms with E-state index in [4.69, 9.17) is 0 Å². The minimum Gasteiger partial charge on any atom is -0.366 e. The number of carbonyl (C=O) groups excluding carboxylic acids is 1. The van der Waals surface area contributed by atoms with Gasteiger partial charge in [-0.25, -0.2) is 19.0 Å². The van der Waals surface area contributed by atoms with Gasteiger partial charge in [0.25, 0.3) is 5.91 Å². The van der Waals surface area contributed by atoms with Crippen LogP contribution in [0.5, 0.6) is 0 Å². The molecule has 1 saturated heterocycles. The average Bonchev–Trinajstić information content (AvgIpc) is 3.32. The van der Waals surface area contributed by atoms with Crippen LogP contribution in [0, 0.1) is 5.82 Å². The average molecular weight is 554 g/mol. The van der Waals surface area contributed by atoms with Crippen molar-refractivity contribution in [2.24, 2.45) is 0 Å². The number of nitrogens with zero attached hydrogens (tertiary/aromatic N) is 7. The minimum absolute atomic E-state index is 0.189. The Balaban J connectivity index is 1.38. The number of piperazine rings is 1. The molecule has 178 valence electrons. The summed E-state index contributed by atoms with van der Waals surface area (Å²) in [5, 5.41) is 9.19. The third-order valence-corrected chi connectivity index (χ3v) is 7.09. The van der Waals surface area contributed by atoms with Crippen molar-refractivity contribution in [3.05, 3.63) is 88.7 Å². The number of halogens is 2. The number of amides is 1. The largest absolute Gasteiger partial charge is 0.366 e. The lowest BCUT2D eigenvalue weighted by Gasteiger charge is -2.36. The first-order chi connectivity index (χ1) is 17.1. The van der Waals surface area contributed by atoms with Crippen molar-refractivity contribution in [1.82, 2.24) is 29.9 Å². The van der Waals surface area contributed by atoms with Crippen LogP contribution < -0.4 is 4.90 Å². The molecule has 0 unspecified atom stereocenters. The second-order valence-corrected chi connectivity index (χ2v) is 9.68. The minimum atomic E-state index is -0.257. The van der Waals surface area contributed by atoms with Crippen LogP contribution in [0.25, 0.3) is 5.69 Å². The molecule has 0 atom stereocenters. The molecule has 4 aromatic rings. The molecule has 5 rings (SSSR count). The lowest BCUT2D eigenvalue weighted by Crippen LogP contribution is -2.49. The lowest BCUT2D eigenvalue weighted by molar-refractivity contribution is 0.0739. The zero-order valence-electron chi connectivity index (χ0n) is 18.6. The Hall–Kier alpha value is -3.31. The molecule has 11 heteroatoms. The van der Waals surface area contributed by atoms with Crippen LogP contribution in [0.4, 0.5) is 10.1 Å². The molecule has 3 heterocycles. The molecule has 1 fully saturated rings. The molecule has 0 aliphatic carbocycles. The number of anilines is 1. The van der Waals surface area contributed by atoms with Crippen LogP contribution in [-0.4, -0.2) is 61.9 Å². The van der Waals surface area contributed by atoms with E-state index in [1.165, 1.54) is 17.8 Å². The standard InChI is InChI=1S/C24H21BrFN7OS/c25-17-6-8-18(9-7-17)33-21(16-35-24-27-10-3-11-28-24)22(29-30-33)23(34)32-14-12-31(13-15-32)20-5-2-1-4-19(20)26/h1-11H,12-16H2. The van der Waals surface area contributed by atoms with Crippen LogP contribution in [0.2, 0.25) is 0 Å². The molecule has 0 N–H and O–H groups in total. The summed E-state index contributed by atoms with van der Waals surface area (Å²) in [6.45, 7) is 2.00. The highest BCUT2D eigenvalue weighted by Gasteiger charge is 2.29. The van der Waals surface area contributed by atoms with Gasteiger partial charge in [0.1, 0.15) is 5.82 Å². The number of para-hydroxylation sites is 1. The van der Waals surface area contributed by atoms with Crippen molar-refractivity contribution < 1.29 is 9.18 Å². The summed E-state index contributed by atoms with van der Waals surface area (Å²) in [4.78, 5) is 25.8. The molecule has 8 nitrogen and oxygen atoms in total. The maximum atomic E-state index is 14.2. The van der Waals surface area contributed by atoms with Crippen molar-refractivity contribution >= 4 is 39.3 Å². The summed E-state index contributed by atoms with van der Waals surface area (Å²) in [6, 6.07) is 16.1. The number of rotatable bonds is 6. The molecular formula is C24H21BrFN7OS. The summed E-state index contributed by atoms with van der Waals surface area (Å²) in [7, 11) is 0. The maximum Gasteiger partial charge on any atom is 0.276 e. The van der Waals surface area contributed by atoms with Gasteiger partial charge in [0.15, 0.2) is 10.9 Å². The predicted molar refractivity (Wildman–Crippen MR) is 135 cm³/mol. The highest BCUT2D eigenvalue weighted by atomic mass is 79.9. The molecule has 2 aromatic heterocycles. The van der Waals surface area contributed by atoms with Crippen LogP contribution >= 0.6 is 27.7 Å². The Morgan fingerprint density at radius 3 is 2.40 bits per heavy atom. The van der Waals surface area contributed by atoms with Crippen LogP contribution in [-0.2, 0) is 5.75 Å². The van der Waals surface area contributed by atoms with E-state index in [1.54, 1.807) is 40.2 Å². The number of hydrogen-bond donors (Lipinski definition) is 0. The highest BCUT2D eigenvalue weighted by molar-refractivity contribution is 9.10. The van der Waals surface area contributed by atoms with E-state index in [2.05, 4.69) is 36.2 Å². The number of carbonyl (C=O) groups is 1. The fourth-order valence-corrected chi connectivity index (χ4v) is 4.95. The van der Waals surface area contributed by atoms with Gasteiger partial charge in [-0.15, -0.1) is 5.10 Å². The Labute approximate surface area is 214 Å². The summed E-state index contributed by atoms with van der Waals surface area (Å²) < 4.78 is 16.8. The van der Waals surface area contributed by atoms with Gasteiger partial charge in [0.05, 0.1) is 17.1 Å². The highest BCUT2D eigenvalue weighted by Crippen LogP contribution is 2.25. The van der Waals surface area contributed by atoms with Crippen LogP contribution in [0.15, 0.2) is 76.6 Å². The van der Waals surface area contributed by atoms with Gasteiger partial charge >= 0.3 is 0 Å². The van der Waals surface area contributed by atoms with E-state index in [-0.39, 0.29) is 11.7 Å². The lowest BCUT2D eigenvalue weighted by atomic mass is 10.2. The van der Waals surface area contributed by atoms with Crippen molar-refractivity contribution in [3.8, 4) is 5.69 Å². The van der Waals surface area contributed by atoms with Gasteiger partial charge in [-0.2, -0.15) is 0 Å². The molecular weight excluding hydrogens is 533 g/mol. The van der Waals surface area contributed by atoms with E-state index >= 15 is 0 Å².